The second kappa shape index (κ2) is 8.62. The number of aromatic nitrogens is 2. The van der Waals surface area contributed by atoms with Crippen LogP contribution in [0.5, 0.6) is 0 Å². The minimum absolute atomic E-state index is 0.168. The van der Waals surface area contributed by atoms with Gasteiger partial charge < -0.3 is 15.4 Å². The van der Waals surface area contributed by atoms with Gasteiger partial charge in [0, 0.05) is 29.3 Å². The maximum absolute atomic E-state index is 13.5. The van der Waals surface area contributed by atoms with Gasteiger partial charge in [0.2, 0.25) is 0 Å². The zero-order chi connectivity index (χ0) is 23.9. The Morgan fingerprint density at radius 3 is 2.70 bits per heavy atom. The van der Waals surface area contributed by atoms with Gasteiger partial charge in [0.05, 0.1) is 35.5 Å². The molecule has 0 aliphatic carbocycles. The first-order chi connectivity index (χ1) is 15.6. The van der Waals surface area contributed by atoms with E-state index in [1.54, 1.807) is 30.0 Å². The third-order valence-corrected chi connectivity index (χ3v) is 6.03. The highest BCUT2D eigenvalue weighted by Gasteiger charge is 2.32. The molecular formula is C24H25F3N4O2. The van der Waals surface area contributed by atoms with Gasteiger partial charge in [-0.15, -0.1) is 0 Å². The van der Waals surface area contributed by atoms with E-state index in [-0.39, 0.29) is 12.0 Å². The summed E-state index contributed by atoms with van der Waals surface area (Å²) in [6.07, 6.45) is -3.14. The van der Waals surface area contributed by atoms with Crippen LogP contribution in [0, 0.1) is 0 Å². The van der Waals surface area contributed by atoms with Crippen molar-refractivity contribution in [1.29, 1.82) is 0 Å². The molecule has 0 bridgehead atoms. The van der Waals surface area contributed by atoms with Crippen molar-refractivity contribution in [3.8, 4) is 0 Å². The van der Waals surface area contributed by atoms with E-state index < -0.39 is 17.8 Å². The number of halogens is 3. The molecule has 9 heteroatoms. The van der Waals surface area contributed by atoms with E-state index in [2.05, 4.69) is 9.97 Å². The molecule has 1 aliphatic heterocycles. The van der Waals surface area contributed by atoms with Gasteiger partial charge in [0.1, 0.15) is 5.82 Å². The van der Waals surface area contributed by atoms with Crippen LogP contribution in [0.25, 0.3) is 10.9 Å². The highest BCUT2D eigenvalue weighted by atomic mass is 19.4. The van der Waals surface area contributed by atoms with E-state index in [9.17, 15) is 18.0 Å². The number of carbonyl (C=O) groups excluding carboxylic acids is 1. The Kier molecular flexibility index (Phi) is 6.00. The number of nitrogens with zero attached hydrogens (tertiary/aromatic N) is 3. The SMILES string of the molecule is CCCN(C(=O)c1ccc2nc(N)c3c(c2c1)CO[C@@H]3C)[C@H](C)c1ccc(C(F)(F)F)cn1. The summed E-state index contributed by atoms with van der Waals surface area (Å²) < 4.78 is 44.4. The lowest BCUT2D eigenvalue weighted by molar-refractivity contribution is -0.137. The topological polar surface area (TPSA) is 81.3 Å². The molecule has 0 radical (unpaired) electrons. The van der Waals surface area contributed by atoms with Crippen LogP contribution in [-0.2, 0) is 17.5 Å². The lowest BCUT2D eigenvalue weighted by Crippen LogP contribution is -2.34. The van der Waals surface area contributed by atoms with E-state index in [4.69, 9.17) is 10.5 Å². The number of benzene rings is 1. The average molecular weight is 458 g/mol. The summed E-state index contributed by atoms with van der Waals surface area (Å²) in [6.45, 7) is 6.43. The van der Waals surface area contributed by atoms with Crippen LogP contribution in [0.4, 0.5) is 19.0 Å². The molecule has 174 valence electrons. The van der Waals surface area contributed by atoms with Gasteiger partial charge >= 0.3 is 6.18 Å². The number of nitrogen functional groups attached to an aromatic ring is 1. The van der Waals surface area contributed by atoms with Crippen molar-refractivity contribution in [3.05, 3.63) is 64.5 Å². The predicted octanol–water partition coefficient (Wildman–Crippen LogP) is 5.44. The minimum Gasteiger partial charge on any atom is -0.383 e. The molecule has 6 nitrogen and oxygen atoms in total. The van der Waals surface area contributed by atoms with Crippen LogP contribution in [0.3, 0.4) is 0 Å². The molecule has 0 unspecified atom stereocenters. The highest BCUT2D eigenvalue weighted by molar-refractivity contribution is 5.99. The standard InChI is InChI=1S/C24H25F3N4O2/c1-4-9-31(13(2)19-8-6-16(11-29-19)24(25,26)27)23(32)15-5-7-20-17(10-15)18-12-33-14(3)21(18)22(28)30-20/h5-8,10-11,13-14H,4,9,12H2,1-3H3,(H2,28,30)/t13-,14-/m1/s1. The molecule has 0 saturated heterocycles. The van der Waals surface area contributed by atoms with Crippen LogP contribution >= 0.6 is 0 Å². The number of hydrogen-bond acceptors (Lipinski definition) is 5. The number of anilines is 1. The molecule has 2 atom stereocenters. The first-order valence-corrected chi connectivity index (χ1v) is 10.8. The molecule has 1 amide bonds. The molecule has 0 saturated carbocycles. The van der Waals surface area contributed by atoms with Gasteiger partial charge in [-0.1, -0.05) is 6.92 Å². The van der Waals surface area contributed by atoms with Crippen molar-refractivity contribution in [2.24, 2.45) is 0 Å². The Balaban J connectivity index is 1.69. The zero-order valence-electron chi connectivity index (χ0n) is 18.6. The molecule has 0 spiro atoms. The lowest BCUT2D eigenvalue weighted by atomic mass is 9.99. The Hall–Kier alpha value is -3.20. The summed E-state index contributed by atoms with van der Waals surface area (Å²) in [7, 11) is 0. The molecule has 3 aromatic rings. The summed E-state index contributed by atoms with van der Waals surface area (Å²) in [5.41, 5.74) is 8.60. The normalized spacial score (nSPS) is 16.6. The molecule has 0 fully saturated rings. The quantitative estimate of drug-likeness (QED) is 0.551. The van der Waals surface area contributed by atoms with Crippen molar-refractivity contribution >= 4 is 22.6 Å². The number of nitrogens with two attached hydrogens (primary N) is 1. The third-order valence-electron chi connectivity index (χ3n) is 6.03. The monoisotopic (exact) mass is 458 g/mol. The molecule has 1 aromatic carbocycles. The van der Waals surface area contributed by atoms with Crippen LogP contribution in [0.2, 0.25) is 0 Å². The maximum Gasteiger partial charge on any atom is 0.417 e. The highest BCUT2D eigenvalue weighted by Crippen LogP contribution is 2.38. The van der Waals surface area contributed by atoms with Gasteiger partial charge in [-0.2, -0.15) is 13.2 Å². The molecular weight excluding hydrogens is 433 g/mol. The Morgan fingerprint density at radius 1 is 1.30 bits per heavy atom. The Bertz CT molecular complexity index is 1200. The van der Waals surface area contributed by atoms with Gasteiger partial charge in [0.15, 0.2) is 0 Å². The maximum atomic E-state index is 13.5. The number of fused-ring (bicyclic) bond motifs is 3. The number of ether oxygens (including phenoxy) is 1. The van der Waals surface area contributed by atoms with Gasteiger partial charge in [0.25, 0.3) is 5.91 Å². The molecule has 2 aromatic heterocycles. The molecule has 3 heterocycles. The minimum atomic E-state index is -4.46. The Morgan fingerprint density at radius 2 is 2.06 bits per heavy atom. The zero-order valence-corrected chi connectivity index (χ0v) is 18.6. The summed E-state index contributed by atoms with van der Waals surface area (Å²) in [6, 6.07) is 7.05. The lowest BCUT2D eigenvalue weighted by Gasteiger charge is -2.29. The number of amides is 1. The van der Waals surface area contributed by atoms with Crippen LogP contribution in [-0.4, -0.2) is 27.3 Å². The molecule has 4 rings (SSSR count). The smallest absolute Gasteiger partial charge is 0.383 e. The summed E-state index contributed by atoms with van der Waals surface area (Å²) >= 11 is 0. The van der Waals surface area contributed by atoms with Crippen LogP contribution in [0.1, 0.15) is 72.1 Å². The van der Waals surface area contributed by atoms with Crippen molar-refractivity contribution < 1.29 is 22.7 Å². The fourth-order valence-corrected chi connectivity index (χ4v) is 4.26. The van der Waals surface area contributed by atoms with Crippen LogP contribution < -0.4 is 5.73 Å². The van der Waals surface area contributed by atoms with Gasteiger partial charge in [-0.25, -0.2) is 4.98 Å². The van der Waals surface area contributed by atoms with Crippen molar-refractivity contribution in [1.82, 2.24) is 14.9 Å². The first kappa shape index (κ1) is 23.0. The molecule has 1 aliphatic rings. The third kappa shape index (κ3) is 4.25. The van der Waals surface area contributed by atoms with E-state index in [0.717, 1.165) is 28.8 Å². The largest absolute Gasteiger partial charge is 0.417 e. The van der Waals surface area contributed by atoms with Crippen molar-refractivity contribution in [3.63, 3.8) is 0 Å². The molecule has 33 heavy (non-hydrogen) atoms. The average Bonchev–Trinajstić information content (AvgIpc) is 3.18. The second-order valence-electron chi connectivity index (χ2n) is 8.22. The summed E-state index contributed by atoms with van der Waals surface area (Å²) in [4.78, 5) is 23.6. The van der Waals surface area contributed by atoms with E-state index >= 15 is 0 Å². The fourth-order valence-electron chi connectivity index (χ4n) is 4.26. The summed E-state index contributed by atoms with van der Waals surface area (Å²) in [5, 5.41) is 0.811. The summed E-state index contributed by atoms with van der Waals surface area (Å²) in [5.74, 6) is 0.196. The van der Waals surface area contributed by atoms with E-state index in [1.165, 1.54) is 6.07 Å². The van der Waals surface area contributed by atoms with Gasteiger partial charge in [-0.05, 0) is 56.2 Å². The van der Waals surface area contributed by atoms with E-state index in [1.807, 2.05) is 13.8 Å². The van der Waals surface area contributed by atoms with Crippen LogP contribution in [0.15, 0.2) is 36.5 Å². The predicted molar refractivity (Wildman–Crippen MR) is 118 cm³/mol. The Labute approximate surface area is 189 Å². The number of hydrogen-bond donors (Lipinski definition) is 1. The number of alkyl halides is 3. The molecule has 2 N–H and O–H groups in total. The first-order valence-electron chi connectivity index (χ1n) is 10.8. The number of rotatable bonds is 5. The van der Waals surface area contributed by atoms with Crippen molar-refractivity contribution in [2.45, 2.75) is 52.1 Å². The fraction of sp³-hybridized carbons (Fsp3) is 0.375. The van der Waals surface area contributed by atoms with E-state index in [0.29, 0.717) is 42.2 Å². The number of carbonyl (C=O) groups is 1. The number of pyridine rings is 2. The second-order valence-corrected chi connectivity index (χ2v) is 8.22. The van der Waals surface area contributed by atoms with Crippen molar-refractivity contribution in [2.75, 3.05) is 12.3 Å². The van der Waals surface area contributed by atoms with Gasteiger partial charge in [-0.3, -0.25) is 9.78 Å².